The van der Waals surface area contributed by atoms with E-state index in [1.54, 1.807) is 7.11 Å². The van der Waals surface area contributed by atoms with Gasteiger partial charge in [0.25, 0.3) is 0 Å². The van der Waals surface area contributed by atoms with E-state index in [-0.39, 0.29) is 11.8 Å². The molecule has 1 aliphatic rings. The molecular weight excluding hydrogens is 376 g/mol. The van der Waals surface area contributed by atoms with Gasteiger partial charge in [-0.2, -0.15) is 0 Å². The Bertz CT molecular complexity index is 715. The molecule has 0 aromatic heterocycles. The van der Waals surface area contributed by atoms with Gasteiger partial charge in [-0.05, 0) is 38.4 Å². The summed E-state index contributed by atoms with van der Waals surface area (Å²) in [6, 6.07) is 7.81. The van der Waals surface area contributed by atoms with Crippen molar-refractivity contribution in [3.63, 3.8) is 0 Å². The van der Waals surface area contributed by atoms with Crippen LogP contribution in [0, 0.1) is 0 Å². The fraction of sp³-hybridized carbons (Fsp3) is 0.667. The van der Waals surface area contributed by atoms with Crippen molar-refractivity contribution in [2.45, 2.75) is 51.5 Å². The fourth-order valence-electron chi connectivity index (χ4n) is 3.71. The number of unbranched alkanes of at least 4 members (excludes halogenated alkanes) is 2. The summed E-state index contributed by atoms with van der Waals surface area (Å²) in [5.74, 6) is 0.0130. The number of benzene rings is 1. The van der Waals surface area contributed by atoms with E-state index >= 15 is 0 Å². The first-order chi connectivity index (χ1) is 13.5. The highest BCUT2D eigenvalue weighted by atomic mass is 32.2. The topological polar surface area (TPSA) is 75.7 Å². The van der Waals surface area contributed by atoms with Crippen LogP contribution in [-0.2, 0) is 14.6 Å². The number of ether oxygens (including phenoxy) is 1. The number of carbonyl (C=O) groups excluding carboxylic acids is 1. The van der Waals surface area contributed by atoms with Crippen LogP contribution in [0.2, 0.25) is 0 Å². The van der Waals surface area contributed by atoms with Crippen LogP contribution >= 0.6 is 0 Å². The van der Waals surface area contributed by atoms with E-state index in [1.165, 1.54) is 6.42 Å². The first kappa shape index (κ1) is 22.7. The third kappa shape index (κ3) is 7.09. The summed E-state index contributed by atoms with van der Waals surface area (Å²) in [5.41, 5.74) is 1.03. The van der Waals surface area contributed by atoms with Gasteiger partial charge < -0.3 is 10.1 Å². The number of carbonyl (C=O) groups is 1. The van der Waals surface area contributed by atoms with Gasteiger partial charge in [0, 0.05) is 12.1 Å². The van der Waals surface area contributed by atoms with Gasteiger partial charge >= 0.3 is 0 Å². The number of hydrogen-bond donors (Lipinski definition) is 1. The number of para-hydroxylation sites is 1. The Balaban J connectivity index is 2.03. The van der Waals surface area contributed by atoms with Gasteiger partial charge in [0.2, 0.25) is 5.91 Å². The number of nitrogens with one attached hydrogen (secondary N) is 1. The number of methoxy groups -OCH3 is 1. The van der Waals surface area contributed by atoms with Crippen molar-refractivity contribution in [1.82, 2.24) is 10.2 Å². The molecule has 1 aromatic rings. The molecule has 0 radical (unpaired) electrons. The molecule has 0 spiro atoms. The molecule has 2 rings (SSSR count). The summed E-state index contributed by atoms with van der Waals surface area (Å²) >= 11 is 0. The molecule has 1 unspecified atom stereocenters. The molecule has 7 heteroatoms. The third-order valence-corrected chi connectivity index (χ3v) is 6.84. The second kappa shape index (κ2) is 11.4. The van der Waals surface area contributed by atoms with Crippen molar-refractivity contribution >= 4 is 15.7 Å². The molecule has 6 nitrogen and oxygen atoms in total. The van der Waals surface area contributed by atoms with E-state index in [0.717, 1.165) is 50.1 Å². The van der Waals surface area contributed by atoms with Crippen molar-refractivity contribution in [1.29, 1.82) is 0 Å². The molecule has 0 aliphatic carbocycles. The largest absolute Gasteiger partial charge is 0.496 e. The molecular formula is C21H34N2O4S. The Morgan fingerprint density at radius 1 is 1.18 bits per heavy atom. The first-order valence-corrected chi connectivity index (χ1v) is 12.1. The molecule has 1 saturated heterocycles. The number of piperidine rings is 1. The maximum absolute atomic E-state index is 12.3. The summed E-state index contributed by atoms with van der Waals surface area (Å²) < 4.78 is 29.8. The zero-order valence-electron chi connectivity index (χ0n) is 17.2. The lowest BCUT2D eigenvalue weighted by molar-refractivity contribution is -0.118. The van der Waals surface area contributed by atoms with E-state index in [1.807, 2.05) is 31.2 Å². The molecule has 1 atom stereocenters. The van der Waals surface area contributed by atoms with Crippen LogP contribution in [0.5, 0.6) is 5.75 Å². The SMILES string of the molecule is CCCCCS(=O)(=O)CC(=O)NCC(c1ccccc1OC)N1CCCCC1. The van der Waals surface area contributed by atoms with E-state index in [2.05, 4.69) is 10.2 Å². The third-order valence-electron chi connectivity index (χ3n) is 5.23. The number of nitrogens with zero attached hydrogens (tertiary/aromatic N) is 1. The highest BCUT2D eigenvalue weighted by Gasteiger charge is 2.26. The van der Waals surface area contributed by atoms with Crippen LogP contribution in [0.25, 0.3) is 0 Å². The zero-order chi connectivity index (χ0) is 20.4. The summed E-state index contributed by atoms with van der Waals surface area (Å²) in [6.07, 6.45) is 5.92. The van der Waals surface area contributed by atoms with Crippen molar-refractivity contribution in [3.05, 3.63) is 29.8 Å². The monoisotopic (exact) mass is 410 g/mol. The maximum Gasteiger partial charge on any atom is 0.235 e. The van der Waals surface area contributed by atoms with Gasteiger partial charge in [-0.1, -0.05) is 44.4 Å². The molecule has 28 heavy (non-hydrogen) atoms. The standard InChI is InChI=1S/C21H34N2O4S/c1-3-4-10-15-28(25,26)17-21(24)22-16-19(23-13-8-5-9-14-23)18-11-6-7-12-20(18)27-2/h6-7,11-12,19H,3-5,8-10,13-17H2,1-2H3,(H,22,24). The van der Waals surface area contributed by atoms with Gasteiger partial charge in [0.05, 0.1) is 18.9 Å². The minimum absolute atomic E-state index is 0.0248. The van der Waals surface area contributed by atoms with Gasteiger partial charge in [0.15, 0.2) is 9.84 Å². The molecule has 158 valence electrons. The smallest absolute Gasteiger partial charge is 0.235 e. The Morgan fingerprint density at radius 3 is 2.57 bits per heavy atom. The van der Waals surface area contributed by atoms with E-state index in [9.17, 15) is 13.2 Å². The lowest BCUT2D eigenvalue weighted by Gasteiger charge is -2.35. The molecule has 1 fully saturated rings. The predicted octanol–water partition coefficient (Wildman–Crippen LogP) is 2.94. The minimum atomic E-state index is -3.35. The minimum Gasteiger partial charge on any atom is -0.496 e. The van der Waals surface area contributed by atoms with Crippen LogP contribution in [0.3, 0.4) is 0 Å². The van der Waals surface area contributed by atoms with Crippen LogP contribution in [0.1, 0.15) is 57.1 Å². The quantitative estimate of drug-likeness (QED) is 0.568. The summed E-state index contributed by atoms with van der Waals surface area (Å²) in [5, 5.41) is 2.86. The maximum atomic E-state index is 12.3. The zero-order valence-corrected chi connectivity index (χ0v) is 18.0. The Morgan fingerprint density at radius 2 is 1.89 bits per heavy atom. The summed E-state index contributed by atoms with van der Waals surface area (Å²) in [7, 11) is -1.71. The number of sulfone groups is 1. The van der Waals surface area contributed by atoms with E-state index in [4.69, 9.17) is 4.74 Å². The van der Waals surface area contributed by atoms with Gasteiger partial charge in [-0.3, -0.25) is 9.69 Å². The highest BCUT2D eigenvalue weighted by Crippen LogP contribution is 2.30. The predicted molar refractivity (Wildman–Crippen MR) is 112 cm³/mol. The van der Waals surface area contributed by atoms with Crippen molar-refractivity contribution < 1.29 is 17.9 Å². The van der Waals surface area contributed by atoms with Crippen LogP contribution in [-0.4, -0.2) is 57.5 Å². The van der Waals surface area contributed by atoms with E-state index in [0.29, 0.717) is 13.0 Å². The summed E-state index contributed by atoms with van der Waals surface area (Å²) in [4.78, 5) is 14.7. The Hall–Kier alpha value is -1.60. The van der Waals surface area contributed by atoms with Crippen molar-refractivity contribution in [2.24, 2.45) is 0 Å². The normalized spacial score (nSPS) is 16.5. The van der Waals surface area contributed by atoms with Crippen LogP contribution in [0.4, 0.5) is 0 Å². The summed E-state index contributed by atoms with van der Waals surface area (Å²) in [6.45, 7) is 4.34. The average Bonchev–Trinajstić information content (AvgIpc) is 2.69. The second-order valence-electron chi connectivity index (χ2n) is 7.46. The fourth-order valence-corrected chi connectivity index (χ4v) is 5.00. The average molecular weight is 411 g/mol. The number of rotatable bonds is 11. The van der Waals surface area contributed by atoms with Gasteiger partial charge in [-0.15, -0.1) is 0 Å². The van der Waals surface area contributed by atoms with Gasteiger partial charge in [0.1, 0.15) is 11.5 Å². The molecule has 1 aliphatic heterocycles. The highest BCUT2D eigenvalue weighted by molar-refractivity contribution is 7.92. The number of likely N-dealkylation sites (tertiary alicyclic amines) is 1. The first-order valence-electron chi connectivity index (χ1n) is 10.3. The second-order valence-corrected chi connectivity index (χ2v) is 9.64. The van der Waals surface area contributed by atoms with E-state index < -0.39 is 21.5 Å². The lowest BCUT2D eigenvalue weighted by Crippen LogP contribution is -2.42. The molecule has 1 heterocycles. The molecule has 0 saturated carbocycles. The van der Waals surface area contributed by atoms with Gasteiger partial charge in [-0.25, -0.2) is 8.42 Å². The molecule has 1 amide bonds. The van der Waals surface area contributed by atoms with Crippen molar-refractivity contribution in [3.8, 4) is 5.75 Å². The molecule has 1 aromatic carbocycles. The number of amides is 1. The van der Waals surface area contributed by atoms with Crippen LogP contribution in [0.15, 0.2) is 24.3 Å². The Labute approximate surface area is 169 Å². The molecule has 1 N–H and O–H groups in total. The van der Waals surface area contributed by atoms with Crippen molar-refractivity contribution in [2.75, 3.05) is 38.2 Å². The number of hydrogen-bond acceptors (Lipinski definition) is 5. The molecule has 0 bridgehead atoms. The Kier molecular flexibility index (Phi) is 9.25. The van der Waals surface area contributed by atoms with Crippen LogP contribution < -0.4 is 10.1 Å². The lowest BCUT2D eigenvalue weighted by atomic mass is 10.0.